The third-order valence-corrected chi connectivity index (χ3v) is 2.41. The van der Waals surface area contributed by atoms with Gasteiger partial charge in [0.25, 0.3) is 0 Å². The summed E-state index contributed by atoms with van der Waals surface area (Å²) in [4.78, 5) is 12.7. The molecule has 0 bridgehead atoms. The van der Waals surface area contributed by atoms with E-state index in [2.05, 4.69) is 4.99 Å². The van der Waals surface area contributed by atoms with Crippen molar-refractivity contribution in [3.63, 3.8) is 0 Å². The van der Waals surface area contributed by atoms with Gasteiger partial charge >= 0.3 is 12.4 Å². The second-order valence-electron chi connectivity index (χ2n) is 3.84. The zero-order chi connectivity index (χ0) is 14.4. The number of halogens is 6. The molecule has 0 saturated heterocycles. The monoisotopic (exact) mass is 277 g/mol. The van der Waals surface area contributed by atoms with Crippen LogP contribution in [0.4, 0.5) is 26.3 Å². The molecule has 0 aliphatic heterocycles. The van der Waals surface area contributed by atoms with E-state index in [0.29, 0.717) is 12.8 Å². The minimum Gasteiger partial charge on any atom is -0.211 e. The summed E-state index contributed by atoms with van der Waals surface area (Å²) < 4.78 is 74.3. The molecular formula is C10H13F6NO. The molecule has 106 valence electrons. The van der Waals surface area contributed by atoms with Crippen LogP contribution in [-0.4, -0.2) is 24.5 Å². The molecule has 2 nitrogen and oxygen atoms in total. The molecule has 1 unspecified atom stereocenters. The lowest BCUT2D eigenvalue weighted by Crippen LogP contribution is -2.44. The highest BCUT2D eigenvalue weighted by Crippen LogP contribution is 2.43. The van der Waals surface area contributed by atoms with Gasteiger partial charge in [0.15, 0.2) is 5.92 Å². The van der Waals surface area contributed by atoms with Gasteiger partial charge in [-0.2, -0.15) is 26.3 Å². The maximum absolute atomic E-state index is 12.4. The Morgan fingerprint density at radius 2 is 1.56 bits per heavy atom. The third-order valence-electron chi connectivity index (χ3n) is 2.41. The van der Waals surface area contributed by atoms with Gasteiger partial charge in [0.2, 0.25) is 6.08 Å². The zero-order valence-electron chi connectivity index (χ0n) is 9.61. The first kappa shape index (κ1) is 17.0. The van der Waals surface area contributed by atoms with Crippen LogP contribution in [0.2, 0.25) is 0 Å². The molecule has 0 heterocycles. The fourth-order valence-corrected chi connectivity index (χ4v) is 1.60. The van der Waals surface area contributed by atoms with Crippen molar-refractivity contribution in [2.45, 2.75) is 51.0 Å². The van der Waals surface area contributed by atoms with Crippen molar-refractivity contribution in [3.8, 4) is 0 Å². The second kappa shape index (κ2) is 6.78. The average molecular weight is 277 g/mol. The van der Waals surface area contributed by atoms with Crippen molar-refractivity contribution >= 4 is 6.08 Å². The molecule has 0 aromatic rings. The number of rotatable bonds is 6. The molecule has 0 spiro atoms. The van der Waals surface area contributed by atoms with Gasteiger partial charge in [0, 0.05) is 0 Å². The molecule has 0 N–H and O–H groups in total. The molecule has 0 saturated carbocycles. The largest absolute Gasteiger partial charge is 0.402 e. The van der Waals surface area contributed by atoms with Crippen LogP contribution in [0.1, 0.15) is 32.6 Å². The second-order valence-corrected chi connectivity index (χ2v) is 3.84. The Morgan fingerprint density at radius 3 is 1.89 bits per heavy atom. The quantitative estimate of drug-likeness (QED) is 0.312. The molecule has 0 fully saturated rings. The maximum Gasteiger partial charge on any atom is 0.402 e. The summed E-state index contributed by atoms with van der Waals surface area (Å²) in [6, 6.07) is -2.14. The number of nitrogens with zero attached hydrogens (tertiary/aromatic N) is 1. The van der Waals surface area contributed by atoms with Crippen molar-refractivity contribution in [1.29, 1.82) is 0 Å². The molecule has 0 aliphatic rings. The van der Waals surface area contributed by atoms with E-state index in [0.717, 1.165) is 6.08 Å². The van der Waals surface area contributed by atoms with Gasteiger partial charge in [-0.3, -0.25) is 0 Å². The Morgan fingerprint density at radius 1 is 1.06 bits per heavy atom. The summed E-state index contributed by atoms with van der Waals surface area (Å²) in [7, 11) is 0. The molecule has 18 heavy (non-hydrogen) atoms. The van der Waals surface area contributed by atoms with Crippen LogP contribution in [0, 0.1) is 5.92 Å². The van der Waals surface area contributed by atoms with Crippen LogP contribution in [0.25, 0.3) is 0 Å². The Kier molecular flexibility index (Phi) is 6.38. The number of alkyl halides is 6. The third kappa shape index (κ3) is 5.53. The first-order valence-corrected chi connectivity index (χ1v) is 5.35. The molecule has 0 aromatic carbocycles. The van der Waals surface area contributed by atoms with Crippen molar-refractivity contribution in [2.75, 3.05) is 0 Å². The summed E-state index contributed by atoms with van der Waals surface area (Å²) in [6.45, 7) is 1.75. The fraction of sp³-hybridized carbons (Fsp3) is 0.900. The summed E-state index contributed by atoms with van der Waals surface area (Å²) in [5.41, 5.74) is 0. The Bertz CT molecular complexity index is 278. The average Bonchev–Trinajstić information content (AvgIpc) is 2.13. The van der Waals surface area contributed by atoms with Crippen LogP contribution >= 0.6 is 0 Å². The predicted octanol–water partition coefficient (Wildman–Crippen LogP) is 4.01. The van der Waals surface area contributed by atoms with Crippen LogP contribution in [-0.2, 0) is 4.79 Å². The van der Waals surface area contributed by atoms with Crippen molar-refractivity contribution < 1.29 is 31.1 Å². The highest BCUT2D eigenvalue weighted by atomic mass is 19.4. The molecule has 8 heteroatoms. The van der Waals surface area contributed by atoms with Gasteiger partial charge in [-0.05, 0) is 6.42 Å². The SMILES string of the molecule is CCCCCC(N=C=O)C(C(F)(F)F)C(F)(F)F. The first-order chi connectivity index (χ1) is 8.14. The predicted molar refractivity (Wildman–Crippen MR) is 51.7 cm³/mol. The van der Waals surface area contributed by atoms with Gasteiger partial charge in [-0.25, -0.2) is 9.79 Å². The highest BCUT2D eigenvalue weighted by Gasteiger charge is 2.60. The van der Waals surface area contributed by atoms with Gasteiger partial charge < -0.3 is 0 Å². The van der Waals surface area contributed by atoms with Crippen LogP contribution in [0.3, 0.4) is 0 Å². The van der Waals surface area contributed by atoms with E-state index in [1.54, 1.807) is 6.92 Å². The molecule has 0 rings (SSSR count). The van der Waals surface area contributed by atoms with Crippen molar-refractivity contribution in [1.82, 2.24) is 0 Å². The number of aliphatic imine (C=N–C) groups is 1. The van der Waals surface area contributed by atoms with Gasteiger partial charge in [-0.1, -0.05) is 26.2 Å². The molecule has 0 aliphatic carbocycles. The topological polar surface area (TPSA) is 29.4 Å². The van der Waals surface area contributed by atoms with Crippen molar-refractivity contribution in [2.24, 2.45) is 10.9 Å². The van der Waals surface area contributed by atoms with Gasteiger partial charge in [-0.15, -0.1) is 0 Å². The first-order valence-electron chi connectivity index (χ1n) is 5.35. The number of unbranched alkanes of at least 4 members (excludes halogenated alkanes) is 2. The van der Waals surface area contributed by atoms with Gasteiger partial charge in [0.1, 0.15) is 0 Å². The summed E-state index contributed by atoms with van der Waals surface area (Å²) in [5.74, 6) is -3.61. The summed E-state index contributed by atoms with van der Waals surface area (Å²) >= 11 is 0. The fourth-order valence-electron chi connectivity index (χ4n) is 1.60. The highest BCUT2D eigenvalue weighted by molar-refractivity contribution is 5.33. The lowest BCUT2D eigenvalue weighted by molar-refractivity contribution is -0.289. The molecule has 0 aromatic heterocycles. The minimum absolute atomic E-state index is 0.148. The van der Waals surface area contributed by atoms with E-state index < -0.39 is 30.7 Å². The van der Waals surface area contributed by atoms with E-state index >= 15 is 0 Å². The number of hydrogen-bond donors (Lipinski definition) is 0. The number of isocyanates is 1. The molecular weight excluding hydrogens is 264 g/mol. The van der Waals surface area contributed by atoms with E-state index in [4.69, 9.17) is 0 Å². The lowest BCUT2D eigenvalue weighted by atomic mass is 9.94. The maximum atomic E-state index is 12.4. The molecule has 1 atom stereocenters. The normalized spacial score (nSPS) is 14.4. The van der Waals surface area contributed by atoms with Crippen LogP contribution in [0.5, 0.6) is 0 Å². The number of hydrogen-bond acceptors (Lipinski definition) is 2. The Hall–Kier alpha value is -1.04. The van der Waals surface area contributed by atoms with E-state index in [-0.39, 0.29) is 6.42 Å². The minimum atomic E-state index is -5.48. The van der Waals surface area contributed by atoms with E-state index in [1.807, 2.05) is 0 Å². The Balaban J connectivity index is 5.05. The zero-order valence-corrected chi connectivity index (χ0v) is 9.61. The summed E-state index contributed by atoms with van der Waals surface area (Å²) in [5, 5.41) is 0. The van der Waals surface area contributed by atoms with E-state index in [1.165, 1.54) is 0 Å². The van der Waals surface area contributed by atoms with Crippen molar-refractivity contribution in [3.05, 3.63) is 0 Å². The smallest absolute Gasteiger partial charge is 0.211 e. The van der Waals surface area contributed by atoms with Crippen LogP contribution < -0.4 is 0 Å². The summed E-state index contributed by atoms with van der Waals surface area (Å²) in [6.07, 6.45) is -9.33. The molecule has 0 radical (unpaired) electrons. The van der Waals surface area contributed by atoms with Crippen LogP contribution in [0.15, 0.2) is 4.99 Å². The number of carbonyl (C=O) groups excluding carboxylic acids is 1. The Labute approximate surface area is 100 Å². The van der Waals surface area contributed by atoms with E-state index in [9.17, 15) is 31.1 Å². The lowest BCUT2D eigenvalue weighted by Gasteiger charge is -2.27. The standard InChI is InChI=1S/C10H13F6NO/c1-2-3-4-5-7(17-6-18)8(9(11,12)13)10(14,15)16/h7-8H,2-5H2,1H3. The van der Waals surface area contributed by atoms with Gasteiger partial charge in [0.05, 0.1) is 6.04 Å². The molecule has 0 amide bonds.